The van der Waals surface area contributed by atoms with Crippen LogP contribution >= 0.6 is 0 Å². The maximum Gasteiger partial charge on any atom is 0.248 e. The molecule has 1 aromatic rings. The van der Waals surface area contributed by atoms with Gasteiger partial charge in [0.1, 0.15) is 6.10 Å². The van der Waals surface area contributed by atoms with E-state index in [-0.39, 0.29) is 11.6 Å². The number of aliphatic hydroxyl groups excluding tert-OH is 1. The summed E-state index contributed by atoms with van der Waals surface area (Å²) in [7, 11) is 0. The molecule has 21 heavy (non-hydrogen) atoms. The van der Waals surface area contributed by atoms with Crippen molar-refractivity contribution in [1.82, 2.24) is 0 Å². The molecule has 0 aliphatic heterocycles. The summed E-state index contributed by atoms with van der Waals surface area (Å²) in [6.07, 6.45) is -4.81. The number of Topliss-reactive ketones (excluding diaryl/α,β-unsaturated/α-hetero) is 1. The van der Waals surface area contributed by atoms with Gasteiger partial charge in [0, 0.05) is 0 Å². The molecule has 0 saturated heterocycles. The number of carbonyl (C=O) groups excluding carboxylic acids is 1. The quantitative estimate of drug-likeness (QED) is 0.665. The van der Waals surface area contributed by atoms with Crippen LogP contribution in [0.1, 0.15) is 11.7 Å². The molecule has 1 aliphatic rings. The number of rotatable bonds is 3. The van der Waals surface area contributed by atoms with Crippen LogP contribution in [0.25, 0.3) is 0 Å². The highest BCUT2D eigenvalue weighted by atomic mass is 19.2. The maximum absolute atomic E-state index is 13.7. The highest BCUT2D eigenvalue weighted by molar-refractivity contribution is 6.02. The first-order valence-corrected chi connectivity index (χ1v) is 5.93. The van der Waals surface area contributed by atoms with Crippen LogP contribution in [0.15, 0.2) is 53.6 Å². The lowest BCUT2D eigenvalue weighted by Gasteiger charge is -2.26. The standard InChI is InChI=1S/C14H11F4NO2/c15-9-6-8(10(16)13(17)14(9,18)19)12(21)11(20)7-4-2-1-3-5-7/h1-6,11,13,20H,19H2. The van der Waals surface area contributed by atoms with Crippen molar-refractivity contribution in [1.29, 1.82) is 0 Å². The van der Waals surface area contributed by atoms with Crippen molar-refractivity contribution >= 4 is 5.78 Å². The van der Waals surface area contributed by atoms with Crippen molar-refractivity contribution in [2.45, 2.75) is 18.1 Å². The van der Waals surface area contributed by atoms with Gasteiger partial charge in [0.05, 0.1) is 5.57 Å². The number of aliphatic hydroxyl groups is 1. The third-order valence-corrected chi connectivity index (χ3v) is 3.11. The Kier molecular flexibility index (Phi) is 3.97. The van der Waals surface area contributed by atoms with Gasteiger partial charge in [-0.2, -0.15) is 0 Å². The van der Waals surface area contributed by atoms with Crippen LogP contribution in [-0.4, -0.2) is 22.9 Å². The molecule has 0 heterocycles. The number of hydrogen-bond acceptors (Lipinski definition) is 3. The van der Waals surface area contributed by atoms with E-state index in [2.05, 4.69) is 5.73 Å². The molecule has 0 fully saturated rings. The molecule has 0 radical (unpaired) electrons. The number of nitrogens with two attached hydrogens (primary N) is 1. The van der Waals surface area contributed by atoms with Crippen molar-refractivity contribution in [3.05, 3.63) is 59.2 Å². The summed E-state index contributed by atoms with van der Waals surface area (Å²) in [6, 6.07) is 7.39. The zero-order chi connectivity index (χ0) is 15.8. The summed E-state index contributed by atoms with van der Waals surface area (Å²) in [4.78, 5) is 11.9. The number of halogens is 4. The van der Waals surface area contributed by atoms with Gasteiger partial charge >= 0.3 is 0 Å². The van der Waals surface area contributed by atoms with Crippen molar-refractivity contribution in [2.75, 3.05) is 0 Å². The predicted molar refractivity (Wildman–Crippen MR) is 66.7 cm³/mol. The fraction of sp³-hybridized carbons (Fsp3) is 0.214. The SMILES string of the molecule is NC1(F)C(F)=CC(C(=O)C(O)c2ccccc2)=C(F)C1F. The summed E-state index contributed by atoms with van der Waals surface area (Å²) in [6.45, 7) is 0. The Labute approximate surface area is 117 Å². The van der Waals surface area contributed by atoms with Crippen LogP contribution < -0.4 is 5.73 Å². The third kappa shape index (κ3) is 2.62. The Morgan fingerprint density at radius 1 is 1.29 bits per heavy atom. The zero-order valence-corrected chi connectivity index (χ0v) is 10.6. The second-order valence-corrected chi connectivity index (χ2v) is 4.56. The molecule has 0 amide bonds. The highest BCUT2D eigenvalue weighted by Gasteiger charge is 2.48. The summed E-state index contributed by atoms with van der Waals surface area (Å²) in [5.74, 6) is -8.61. The molecule has 0 bridgehead atoms. The normalized spacial score (nSPS) is 27.3. The first-order chi connectivity index (χ1) is 9.76. The predicted octanol–water partition coefficient (Wildman–Crippen LogP) is 2.34. The van der Waals surface area contributed by atoms with Gasteiger partial charge in [-0.3, -0.25) is 10.5 Å². The average Bonchev–Trinajstić information content (AvgIpc) is 2.49. The van der Waals surface area contributed by atoms with Crippen molar-refractivity contribution in [3.63, 3.8) is 0 Å². The van der Waals surface area contributed by atoms with E-state index in [0.717, 1.165) is 0 Å². The molecule has 0 aromatic heterocycles. The van der Waals surface area contributed by atoms with E-state index in [9.17, 15) is 27.5 Å². The fourth-order valence-electron chi connectivity index (χ4n) is 1.87. The molecule has 7 heteroatoms. The Morgan fingerprint density at radius 2 is 1.86 bits per heavy atom. The maximum atomic E-state index is 13.7. The molecule has 112 valence electrons. The number of ketones is 1. The van der Waals surface area contributed by atoms with Gasteiger partial charge in [-0.15, -0.1) is 0 Å². The minimum atomic E-state index is -3.66. The van der Waals surface area contributed by atoms with Crippen LogP contribution in [0.5, 0.6) is 0 Å². The van der Waals surface area contributed by atoms with E-state index < -0.39 is 41.1 Å². The summed E-state index contributed by atoms with van der Waals surface area (Å²) < 4.78 is 53.8. The summed E-state index contributed by atoms with van der Waals surface area (Å²) in [5.41, 5.74) is 3.71. The smallest absolute Gasteiger partial charge is 0.248 e. The molecule has 1 aliphatic carbocycles. The van der Waals surface area contributed by atoms with E-state index in [1.807, 2.05) is 0 Å². The van der Waals surface area contributed by atoms with Crippen LogP contribution in [0.2, 0.25) is 0 Å². The van der Waals surface area contributed by atoms with Gasteiger partial charge in [0.2, 0.25) is 12.0 Å². The zero-order valence-electron chi connectivity index (χ0n) is 10.6. The molecule has 1 aromatic carbocycles. The van der Waals surface area contributed by atoms with E-state index in [1.165, 1.54) is 24.3 Å². The molecule has 3 N–H and O–H groups in total. The minimum absolute atomic E-state index is 0.108. The number of alkyl halides is 2. The Balaban J connectivity index is 2.38. The number of carbonyl (C=O) groups is 1. The fourth-order valence-corrected chi connectivity index (χ4v) is 1.87. The summed E-state index contributed by atoms with van der Waals surface area (Å²) >= 11 is 0. The number of benzene rings is 1. The van der Waals surface area contributed by atoms with E-state index in [4.69, 9.17) is 0 Å². The molecule has 3 nitrogen and oxygen atoms in total. The molecule has 3 unspecified atom stereocenters. The van der Waals surface area contributed by atoms with Crippen LogP contribution in [0.3, 0.4) is 0 Å². The van der Waals surface area contributed by atoms with E-state index in [1.54, 1.807) is 6.07 Å². The molecule has 0 spiro atoms. The first-order valence-electron chi connectivity index (χ1n) is 5.93. The second kappa shape index (κ2) is 5.42. The van der Waals surface area contributed by atoms with Crippen LogP contribution in [-0.2, 0) is 4.79 Å². The topological polar surface area (TPSA) is 63.3 Å². The monoisotopic (exact) mass is 301 g/mol. The molecule has 0 saturated carbocycles. The Bertz CT molecular complexity index is 625. The third-order valence-electron chi connectivity index (χ3n) is 3.11. The van der Waals surface area contributed by atoms with Gasteiger partial charge < -0.3 is 5.11 Å². The van der Waals surface area contributed by atoms with Gasteiger partial charge in [-0.1, -0.05) is 30.3 Å². The molecule has 2 rings (SSSR count). The molecule has 3 atom stereocenters. The highest BCUT2D eigenvalue weighted by Crippen LogP contribution is 2.37. The van der Waals surface area contributed by atoms with Crippen LogP contribution in [0, 0.1) is 0 Å². The molecular formula is C14H11F4NO2. The Hall–Kier alpha value is -1.99. The second-order valence-electron chi connectivity index (χ2n) is 4.56. The van der Waals surface area contributed by atoms with Gasteiger partial charge in [0.25, 0.3) is 0 Å². The van der Waals surface area contributed by atoms with Gasteiger partial charge in [0.15, 0.2) is 17.4 Å². The van der Waals surface area contributed by atoms with E-state index >= 15 is 0 Å². The minimum Gasteiger partial charge on any atom is -0.380 e. The number of allylic oxidation sites excluding steroid dienone is 1. The lowest BCUT2D eigenvalue weighted by molar-refractivity contribution is -0.123. The number of hydrogen-bond donors (Lipinski definition) is 2. The van der Waals surface area contributed by atoms with Crippen molar-refractivity contribution in [2.24, 2.45) is 5.73 Å². The van der Waals surface area contributed by atoms with Crippen molar-refractivity contribution in [3.8, 4) is 0 Å². The largest absolute Gasteiger partial charge is 0.380 e. The van der Waals surface area contributed by atoms with Crippen LogP contribution in [0.4, 0.5) is 17.6 Å². The first kappa shape index (κ1) is 15.4. The van der Waals surface area contributed by atoms with Gasteiger partial charge in [-0.25, -0.2) is 17.6 Å². The van der Waals surface area contributed by atoms with Crippen molar-refractivity contribution < 1.29 is 27.5 Å². The summed E-state index contributed by atoms with van der Waals surface area (Å²) in [5, 5.41) is 9.81. The van der Waals surface area contributed by atoms with E-state index in [0.29, 0.717) is 0 Å². The Morgan fingerprint density at radius 3 is 2.43 bits per heavy atom. The average molecular weight is 301 g/mol. The lowest BCUT2D eigenvalue weighted by atomic mass is 9.91. The molecular weight excluding hydrogens is 290 g/mol. The lowest BCUT2D eigenvalue weighted by Crippen LogP contribution is -2.48. The van der Waals surface area contributed by atoms with Gasteiger partial charge in [-0.05, 0) is 11.6 Å².